The monoisotopic (exact) mass is 355 g/mol. The zero-order valence-electron chi connectivity index (χ0n) is 12.2. The molecule has 4 nitrogen and oxygen atoms in total. The maximum absolute atomic E-state index is 12.6. The highest BCUT2D eigenvalue weighted by atomic mass is 32.2. The average Bonchev–Trinajstić information content (AvgIpc) is 2.50. The number of sulfonamides is 1. The van der Waals surface area contributed by atoms with Crippen molar-refractivity contribution in [2.45, 2.75) is 17.8 Å². The fourth-order valence-corrected chi connectivity index (χ4v) is 3.36. The van der Waals surface area contributed by atoms with Crippen LogP contribution in [0, 0.1) is 0 Å². The van der Waals surface area contributed by atoms with Gasteiger partial charge in [-0.15, -0.1) is 0 Å². The maximum atomic E-state index is 12.6. The molecule has 0 saturated carbocycles. The number of fused-ring (bicyclic) bond motifs is 2. The molecule has 2 aromatic carbocycles. The smallest absolute Gasteiger partial charge is 0.273 e. The third-order valence-electron chi connectivity index (χ3n) is 3.91. The Kier molecular flexibility index (Phi) is 3.87. The maximum Gasteiger partial charge on any atom is 0.516 e. The van der Waals surface area contributed by atoms with Crippen molar-refractivity contribution in [3.8, 4) is 0 Å². The standard InChI is InChI=1S/C16H12F3NO3S/c17-16(18,19)24(22,23)20-15(21)14-12-7-3-1-5-10(12)9-11-6-2-4-8-13(11)14/h1-8,14H,9H2,(H,20,21). The van der Waals surface area contributed by atoms with Crippen LogP contribution < -0.4 is 4.72 Å². The third-order valence-corrected chi connectivity index (χ3v) is 4.99. The van der Waals surface area contributed by atoms with Gasteiger partial charge in [-0.3, -0.25) is 4.79 Å². The molecule has 1 aliphatic rings. The Hall–Kier alpha value is -2.35. The molecule has 126 valence electrons. The minimum absolute atomic E-state index is 0.506. The third kappa shape index (κ3) is 2.77. The van der Waals surface area contributed by atoms with Crippen molar-refractivity contribution in [3.05, 3.63) is 70.8 Å². The van der Waals surface area contributed by atoms with E-state index in [1.807, 2.05) is 0 Å². The van der Waals surface area contributed by atoms with Crippen LogP contribution in [0.2, 0.25) is 0 Å². The van der Waals surface area contributed by atoms with Gasteiger partial charge in [0.05, 0.1) is 5.92 Å². The minimum Gasteiger partial charge on any atom is -0.273 e. The second kappa shape index (κ2) is 5.62. The number of hydrogen-bond donors (Lipinski definition) is 1. The molecule has 0 aliphatic heterocycles. The average molecular weight is 355 g/mol. The Morgan fingerprint density at radius 1 is 0.958 bits per heavy atom. The van der Waals surface area contributed by atoms with E-state index in [0.717, 1.165) is 15.8 Å². The number of alkyl halides is 3. The summed E-state index contributed by atoms with van der Waals surface area (Å²) in [5.41, 5.74) is -2.98. The van der Waals surface area contributed by atoms with Gasteiger partial charge in [-0.05, 0) is 28.7 Å². The van der Waals surface area contributed by atoms with E-state index < -0.39 is 27.4 Å². The lowest BCUT2D eigenvalue weighted by molar-refractivity contribution is -0.120. The Morgan fingerprint density at radius 2 is 1.42 bits per heavy atom. The van der Waals surface area contributed by atoms with E-state index >= 15 is 0 Å². The molecule has 0 unspecified atom stereocenters. The number of hydrogen-bond acceptors (Lipinski definition) is 3. The lowest BCUT2D eigenvalue weighted by Crippen LogP contribution is -2.43. The van der Waals surface area contributed by atoms with Crippen LogP contribution in [-0.2, 0) is 21.2 Å². The second-order valence-electron chi connectivity index (χ2n) is 5.42. The number of carbonyl (C=O) groups excluding carboxylic acids is 1. The fourth-order valence-electron chi connectivity index (χ4n) is 2.86. The van der Waals surface area contributed by atoms with Crippen LogP contribution in [0.1, 0.15) is 28.2 Å². The van der Waals surface area contributed by atoms with E-state index in [0.29, 0.717) is 17.5 Å². The summed E-state index contributed by atoms with van der Waals surface area (Å²) in [5, 5.41) is 0. The first-order valence-electron chi connectivity index (χ1n) is 6.99. The van der Waals surface area contributed by atoms with Gasteiger partial charge in [-0.2, -0.15) is 21.6 Å². The molecule has 24 heavy (non-hydrogen) atoms. The van der Waals surface area contributed by atoms with Crippen molar-refractivity contribution in [1.82, 2.24) is 4.72 Å². The molecule has 0 aromatic heterocycles. The summed E-state index contributed by atoms with van der Waals surface area (Å²) in [6.07, 6.45) is 0.530. The zero-order valence-corrected chi connectivity index (χ0v) is 13.0. The van der Waals surface area contributed by atoms with Crippen molar-refractivity contribution < 1.29 is 26.4 Å². The molecule has 1 N–H and O–H groups in total. The Bertz CT molecular complexity index is 861. The first kappa shape index (κ1) is 16.5. The SMILES string of the molecule is O=C(NS(=O)(=O)C(F)(F)F)C1c2ccccc2Cc2ccccc21. The molecular formula is C16H12F3NO3S. The first-order valence-corrected chi connectivity index (χ1v) is 8.47. The fraction of sp³-hybridized carbons (Fsp3) is 0.188. The molecule has 1 amide bonds. The van der Waals surface area contributed by atoms with Gasteiger partial charge in [0.15, 0.2) is 0 Å². The van der Waals surface area contributed by atoms with Crippen molar-refractivity contribution in [1.29, 1.82) is 0 Å². The number of rotatable bonds is 2. The van der Waals surface area contributed by atoms with E-state index in [1.165, 1.54) is 0 Å². The first-order chi connectivity index (χ1) is 11.2. The van der Waals surface area contributed by atoms with Crippen molar-refractivity contribution in [2.75, 3.05) is 0 Å². The molecule has 1 aliphatic carbocycles. The van der Waals surface area contributed by atoms with E-state index in [2.05, 4.69) is 0 Å². The van der Waals surface area contributed by atoms with Gasteiger partial charge >= 0.3 is 15.5 Å². The highest BCUT2D eigenvalue weighted by Gasteiger charge is 2.48. The Balaban J connectivity index is 2.06. The van der Waals surface area contributed by atoms with Crippen LogP contribution in [-0.4, -0.2) is 19.8 Å². The molecule has 2 aromatic rings. The van der Waals surface area contributed by atoms with Gasteiger partial charge in [0.1, 0.15) is 0 Å². The summed E-state index contributed by atoms with van der Waals surface area (Å²) >= 11 is 0. The van der Waals surface area contributed by atoms with Crippen LogP contribution in [0.5, 0.6) is 0 Å². The van der Waals surface area contributed by atoms with Crippen LogP contribution in [0.15, 0.2) is 48.5 Å². The normalized spacial score (nSPS) is 14.6. The van der Waals surface area contributed by atoms with Gasteiger partial charge in [0, 0.05) is 0 Å². The van der Waals surface area contributed by atoms with Gasteiger partial charge < -0.3 is 0 Å². The predicted octanol–water partition coefficient (Wildman–Crippen LogP) is 2.69. The number of nitrogens with one attached hydrogen (secondary N) is 1. The molecule has 0 atom stereocenters. The van der Waals surface area contributed by atoms with Crippen molar-refractivity contribution >= 4 is 15.9 Å². The number of carbonyl (C=O) groups is 1. The Labute approximate surface area is 136 Å². The van der Waals surface area contributed by atoms with Crippen molar-refractivity contribution in [2.24, 2.45) is 0 Å². The molecule has 0 radical (unpaired) electrons. The highest BCUT2D eigenvalue weighted by Crippen LogP contribution is 2.37. The molecule has 3 rings (SSSR count). The number of amides is 1. The molecule has 0 saturated heterocycles. The molecular weight excluding hydrogens is 343 g/mol. The van der Waals surface area contributed by atoms with Gasteiger partial charge in [0.25, 0.3) is 0 Å². The highest BCUT2D eigenvalue weighted by molar-refractivity contribution is 7.90. The van der Waals surface area contributed by atoms with Crippen molar-refractivity contribution in [3.63, 3.8) is 0 Å². The van der Waals surface area contributed by atoms with Gasteiger partial charge in [-0.1, -0.05) is 48.5 Å². The second-order valence-corrected chi connectivity index (χ2v) is 7.10. The lowest BCUT2D eigenvalue weighted by atomic mass is 9.78. The van der Waals surface area contributed by atoms with Crippen LogP contribution in [0.25, 0.3) is 0 Å². The quantitative estimate of drug-likeness (QED) is 0.901. The van der Waals surface area contributed by atoms with Crippen LogP contribution >= 0.6 is 0 Å². The Morgan fingerprint density at radius 3 is 1.88 bits per heavy atom. The van der Waals surface area contributed by atoms with E-state index in [1.54, 1.807) is 48.5 Å². The van der Waals surface area contributed by atoms with Crippen LogP contribution in [0.3, 0.4) is 0 Å². The summed E-state index contributed by atoms with van der Waals surface area (Å²) in [6.45, 7) is 0. The minimum atomic E-state index is -5.75. The number of benzene rings is 2. The topological polar surface area (TPSA) is 63.2 Å². The summed E-state index contributed by atoms with van der Waals surface area (Å²) in [4.78, 5) is 12.4. The van der Waals surface area contributed by atoms with E-state index in [-0.39, 0.29) is 0 Å². The summed E-state index contributed by atoms with van der Waals surface area (Å²) in [7, 11) is -5.75. The summed E-state index contributed by atoms with van der Waals surface area (Å²) in [5.74, 6) is -2.32. The largest absolute Gasteiger partial charge is 0.516 e. The molecule has 0 bridgehead atoms. The van der Waals surface area contributed by atoms with Crippen LogP contribution in [0.4, 0.5) is 13.2 Å². The number of halogens is 3. The van der Waals surface area contributed by atoms with Gasteiger partial charge in [0.2, 0.25) is 5.91 Å². The predicted molar refractivity (Wildman–Crippen MR) is 80.7 cm³/mol. The summed E-state index contributed by atoms with van der Waals surface area (Å²) in [6, 6.07) is 13.6. The summed E-state index contributed by atoms with van der Waals surface area (Å²) < 4.78 is 61.4. The molecule has 0 heterocycles. The molecule has 0 spiro atoms. The van der Waals surface area contributed by atoms with Gasteiger partial charge in [-0.25, -0.2) is 4.72 Å². The van der Waals surface area contributed by atoms with E-state index in [4.69, 9.17) is 0 Å². The molecule has 0 fully saturated rings. The lowest BCUT2D eigenvalue weighted by Gasteiger charge is -2.27. The zero-order chi connectivity index (χ0) is 17.5. The molecule has 8 heteroatoms. The van der Waals surface area contributed by atoms with E-state index in [9.17, 15) is 26.4 Å².